The molecule has 19 heavy (non-hydrogen) atoms. The molecule has 3 rings (SSSR count). The summed E-state index contributed by atoms with van der Waals surface area (Å²) in [5, 5.41) is 8.34. The number of hydrogen-bond acceptors (Lipinski definition) is 3. The van der Waals surface area contributed by atoms with Gasteiger partial charge in [0.05, 0.1) is 11.2 Å². The third-order valence-corrected chi connectivity index (χ3v) is 3.09. The highest BCUT2D eigenvalue weighted by molar-refractivity contribution is 5.78. The second kappa shape index (κ2) is 4.24. The van der Waals surface area contributed by atoms with Crippen LogP contribution >= 0.6 is 0 Å². The fraction of sp³-hybridized carbons (Fsp3) is 0.0667. The van der Waals surface area contributed by atoms with Crippen LogP contribution in [0.2, 0.25) is 0 Å². The number of nitrogen functional groups attached to an aromatic ring is 1. The van der Waals surface area contributed by atoms with Gasteiger partial charge in [-0.15, -0.1) is 5.10 Å². The third-order valence-electron chi connectivity index (χ3n) is 3.09. The number of para-hydroxylation sites is 1. The van der Waals surface area contributed by atoms with Gasteiger partial charge in [0.1, 0.15) is 5.52 Å². The van der Waals surface area contributed by atoms with Gasteiger partial charge in [-0.25, -0.2) is 4.68 Å². The number of anilines is 1. The average molecular weight is 250 g/mol. The van der Waals surface area contributed by atoms with Gasteiger partial charge in [0.15, 0.2) is 0 Å². The lowest BCUT2D eigenvalue weighted by Crippen LogP contribution is -1.99. The minimum Gasteiger partial charge on any atom is -0.398 e. The number of fused-ring (bicyclic) bond motifs is 1. The van der Waals surface area contributed by atoms with Gasteiger partial charge in [-0.05, 0) is 42.8 Å². The summed E-state index contributed by atoms with van der Waals surface area (Å²) in [5.74, 6) is 0. The van der Waals surface area contributed by atoms with Crippen LogP contribution in [-0.4, -0.2) is 15.0 Å². The third kappa shape index (κ3) is 1.87. The molecule has 2 N–H and O–H groups in total. The van der Waals surface area contributed by atoms with Crippen molar-refractivity contribution in [2.75, 3.05) is 5.73 Å². The molecule has 4 heteroatoms. The number of aromatic nitrogens is 3. The minimum absolute atomic E-state index is 0.723. The Balaban J connectivity index is 2.22. The van der Waals surface area contributed by atoms with E-state index in [-0.39, 0.29) is 0 Å². The van der Waals surface area contributed by atoms with Crippen LogP contribution in [0.5, 0.6) is 0 Å². The monoisotopic (exact) mass is 250 g/mol. The van der Waals surface area contributed by atoms with Crippen molar-refractivity contribution in [2.24, 2.45) is 0 Å². The number of benzene rings is 2. The zero-order chi connectivity index (χ0) is 13.4. The van der Waals surface area contributed by atoms with Crippen molar-refractivity contribution in [1.29, 1.82) is 0 Å². The fourth-order valence-electron chi connectivity index (χ4n) is 2.11. The first-order valence-corrected chi connectivity index (χ1v) is 6.03. The maximum atomic E-state index is 5.95. The number of nitrogens with zero attached hydrogens (tertiary/aromatic N) is 3. The summed E-state index contributed by atoms with van der Waals surface area (Å²) in [7, 11) is 0. The van der Waals surface area contributed by atoms with Crippen molar-refractivity contribution >= 4 is 22.3 Å². The molecule has 0 unspecified atom stereocenters. The highest BCUT2D eigenvalue weighted by atomic mass is 15.4. The van der Waals surface area contributed by atoms with E-state index in [4.69, 9.17) is 5.73 Å². The van der Waals surface area contributed by atoms with E-state index in [1.165, 1.54) is 0 Å². The fourth-order valence-corrected chi connectivity index (χ4v) is 2.11. The van der Waals surface area contributed by atoms with Gasteiger partial charge >= 0.3 is 0 Å². The number of hydrogen-bond donors (Lipinski definition) is 1. The summed E-state index contributed by atoms with van der Waals surface area (Å²) in [6, 6.07) is 13.6. The van der Waals surface area contributed by atoms with Crippen molar-refractivity contribution in [1.82, 2.24) is 15.0 Å². The lowest BCUT2D eigenvalue weighted by molar-refractivity contribution is 0.824. The lowest BCUT2D eigenvalue weighted by Gasteiger charge is -2.08. The molecule has 2 aromatic carbocycles. The van der Waals surface area contributed by atoms with Crippen LogP contribution in [0.1, 0.15) is 12.5 Å². The van der Waals surface area contributed by atoms with E-state index >= 15 is 0 Å². The van der Waals surface area contributed by atoms with Gasteiger partial charge in [0, 0.05) is 11.3 Å². The summed E-state index contributed by atoms with van der Waals surface area (Å²) in [6.45, 7) is 5.89. The molecule has 0 aliphatic carbocycles. The largest absolute Gasteiger partial charge is 0.398 e. The Labute approximate surface area is 111 Å². The summed E-state index contributed by atoms with van der Waals surface area (Å²) < 4.78 is 1.81. The van der Waals surface area contributed by atoms with E-state index < -0.39 is 0 Å². The molecule has 0 bridgehead atoms. The summed E-state index contributed by atoms with van der Waals surface area (Å²) in [6.07, 6.45) is 0. The highest BCUT2D eigenvalue weighted by Crippen LogP contribution is 2.24. The Hall–Kier alpha value is -2.62. The van der Waals surface area contributed by atoms with Gasteiger partial charge < -0.3 is 5.73 Å². The van der Waals surface area contributed by atoms with Gasteiger partial charge in [-0.1, -0.05) is 23.9 Å². The molecule has 0 atom stereocenters. The normalized spacial score (nSPS) is 10.8. The molecule has 0 saturated carbocycles. The maximum Gasteiger partial charge on any atom is 0.113 e. The zero-order valence-corrected chi connectivity index (χ0v) is 10.7. The molecule has 0 amide bonds. The van der Waals surface area contributed by atoms with Crippen LogP contribution in [0.4, 0.5) is 5.69 Å². The topological polar surface area (TPSA) is 56.7 Å². The van der Waals surface area contributed by atoms with E-state index in [9.17, 15) is 0 Å². The van der Waals surface area contributed by atoms with E-state index in [1.807, 2.05) is 49.4 Å². The smallest absolute Gasteiger partial charge is 0.113 e. The molecule has 94 valence electrons. The molecule has 0 radical (unpaired) electrons. The van der Waals surface area contributed by atoms with Crippen LogP contribution in [0, 0.1) is 0 Å². The first kappa shape index (κ1) is 11.5. The Morgan fingerprint density at radius 2 is 2.00 bits per heavy atom. The Kier molecular flexibility index (Phi) is 2.56. The van der Waals surface area contributed by atoms with E-state index in [0.29, 0.717) is 0 Å². The molecule has 0 aliphatic rings. The number of allylic oxidation sites excluding steroid dienone is 1. The van der Waals surface area contributed by atoms with Crippen LogP contribution < -0.4 is 5.73 Å². The number of rotatable bonds is 2. The van der Waals surface area contributed by atoms with Crippen molar-refractivity contribution in [3.8, 4) is 5.69 Å². The van der Waals surface area contributed by atoms with Gasteiger partial charge in [0.2, 0.25) is 0 Å². The molecule has 1 aromatic heterocycles. The van der Waals surface area contributed by atoms with Crippen molar-refractivity contribution in [2.45, 2.75) is 6.92 Å². The number of nitrogens with two attached hydrogens (primary N) is 1. The zero-order valence-electron chi connectivity index (χ0n) is 10.7. The van der Waals surface area contributed by atoms with Crippen LogP contribution in [0.25, 0.3) is 22.3 Å². The van der Waals surface area contributed by atoms with E-state index in [0.717, 1.165) is 33.5 Å². The predicted octanol–water partition coefficient (Wildman–Crippen LogP) is 3.04. The van der Waals surface area contributed by atoms with Crippen molar-refractivity contribution in [3.63, 3.8) is 0 Å². The second-order valence-corrected chi connectivity index (χ2v) is 4.54. The highest BCUT2D eigenvalue weighted by Gasteiger charge is 2.08. The average Bonchev–Trinajstić information content (AvgIpc) is 2.83. The Morgan fingerprint density at radius 1 is 1.21 bits per heavy atom. The van der Waals surface area contributed by atoms with Crippen LogP contribution in [0.15, 0.2) is 49.0 Å². The molecule has 0 aliphatic heterocycles. The molecule has 0 spiro atoms. The molecule has 0 fully saturated rings. The first-order chi connectivity index (χ1) is 9.16. The van der Waals surface area contributed by atoms with Crippen LogP contribution in [-0.2, 0) is 0 Å². The van der Waals surface area contributed by atoms with E-state index in [2.05, 4.69) is 16.9 Å². The molecule has 4 nitrogen and oxygen atoms in total. The SMILES string of the molecule is C=C(C)c1cc(-n2nnc3ccccc32)ccc1N. The molecule has 0 saturated heterocycles. The molecule has 3 aromatic rings. The summed E-state index contributed by atoms with van der Waals surface area (Å²) >= 11 is 0. The molecule has 1 heterocycles. The second-order valence-electron chi connectivity index (χ2n) is 4.54. The Morgan fingerprint density at radius 3 is 2.79 bits per heavy atom. The molecular weight excluding hydrogens is 236 g/mol. The summed E-state index contributed by atoms with van der Waals surface area (Å²) in [5.41, 5.74) is 11.3. The maximum absolute atomic E-state index is 5.95. The minimum atomic E-state index is 0.723. The van der Waals surface area contributed by atoms with E-state index in [1.54, 1.807) is 4.68 Å². The van der Waals surface area contributed by atoms with Gasteiger partial charge in [-0.3, -0.25) is 0 Å². The first-order valence-electron chi connectivity index (χ1n) is 6.03. The predicted molar refractivity (Wildman–Crippen MR) is 78.0 cm³/mol. The lowest BCUT2D eigenvalue weighted by atomic mass is 10.1. The standard InChI is InChI=1S/C15H14N4/c1-10(2)12-9-11(7-8-13(12)16)19-15-6-4-3-5-14(15)17-18-19/h3-9H,1,16H2,2H3. The quantitative estimate of drug-likeness (QED) is 0.711. The van der Waals surface area contributed by atoms with Gasteiger partial charge in [0.25, 0.3) is 0 Å². The van der Waals surface area contributed by atoms with Crippen LogP contribution in [0.3, 0.4) is 0 Å². The summed E-state index contributed by atoms with van der Waals surface area (Å²) in [4.78, 5) is 0. The molecular formula is C15H14N4. The van der Waals surface area contributed by atoms with Gasteiger partial charge in [-0.2, -0.15) is 0 Å². The van der Waals surface area contributed by atoms with Crippen molar-refractivity contribution in [3.05, 3.63) is 54.6 Å². The Bertz CT molecular complexity index is 771. The van der Waals surface area contributed by atoms with Crippen molar-refractivity contribution < 1.29 is 0 Å².